The maximum atomic E-state index is 13.8. The second kappa shape index (κ2) is 8.23. The van der Waals surface area contributed by atoms with Crippen LogP contribution in [0.15, 0.2) is 18.5 Å². The van der Waals surface area contributed by atoms with Crippen molar-refractivity contribution in [2.24, 2.45) is 5.41 Å². The zero-order valence-electron chi connectivity index (χ0n) is 19.5. The van der Waals surface area contributed by atoms with Crippen LogP contribution in [-0.4, -0.2) is 65.3 Å². The van der Waals surface area contributed by atoms with Crippen LogP contribution in [0.4, 0.5) is 0 Å². The third-order valence-corrected chi connectivity index (χ3v) is 6.99. The number of nitrogens with zero attached hydrogens (tertiary/aromatic N) is 6. The van der Waals surface area contributed by atoms with Crippen molar-refractivity contribution in [1.82, 2.24) is 35.0 Å². The Hall–Kier alpha value is -2.75. The van der Waals surface area contributed by atoms with Gasteiger partial charge in [-0.1, -0.05) is 26.0 Å². The third-order valence-electron chi connectivity index (χ3n) is 6.99. The number of likely N-dealkylation sites (tertiary alicyclic amines) is 1. The van der Waals surface area contributed by atoms with Crippen molar-refractivity contribution in [3.8, 4) is 0 Å². The Morgan fingerprint density at radius 3 is 2.76 bits per heavy atom. The Labute approximate surface area is 193 Å². The zero-order valence-corrected chi connectivity index (χ0v) is 19.5. The molecule has 0 radical (unpaired) electrons. The van der Waals surface area contributed by atoms with Gasteiger partial charge in [-0.05, 0) is 37.2 Å². The number of aryl methyl sites for hydroxylation is 1. The van der Waals surface area contributed by atoms with E-state index in [4.69, 9.17) is 0 Å². The first-order valence-corrected chi connectivity index (χ1v) is 11.9. The minimum Gasteiger partial charge on any atom is -0.391 e. The molecule has 1 saturated heterocycles. The van der Waals surface area contributed by atoms with Gasteiger partial charge in [0.05, 0.1) is 23.5 Å². The minimum atomic E-state index is -0.736. The largest absolute Gasteiger partial charge is 0.391 e. The van der Waals surface area contributed by atoms with Crippen LogP contribution in [0.25, 0.3) is 0 Å². The first-order chi connectivity index (χ1) is 15.7. The molecule has 1 saturated carbocycles. The smallest absolute Gasteiger partial charge is 0.248 e. The molecule has 2 N–H and O–H groups in total. The third kappa shape index (κ3) is 4.28. The zero-order chi connectivity index (χ0) is 23.3. The molecule has 10 nitrogen and oxygen atoms in total. The van der Waals surface area contributed by atoms with Gasteiger partial charge in [0.1, 0.15) is 12.1 Å². The standard InChI is InChI=1S/C23H33N7O3/c1-23(2,3)20(30-13-17(26-27-30)14-6-7-14)22(33)28-12-15(31)11-19(28)21(32)25-16-5-4-10-29-18(16)8-9-24-29/h8-9,13-16,19-20,31H,4-7,10-12H2,1-3H3,(H,25,32)/t15-,16?,19+,20-/m1/s1. The number of β-amino-alcohol motifs (C(OH)–C–C–N with tert-alkyl or cyclic N) is 1. The summed E-state index contributed by atoms with van der Waals surface area (Å²) in [5.74, 6) is -0.00450. The number of aliphatic hydroxyl groups is 1. The number of hydrogen-bond acceptors (Lipinski definition) is 6. The molecule has 1 aliphatic carbocycles. The van der Waals surface area contributed by atoms with Crippen molar-refractivity contribution >= 4 is 11.8 Å². The van der Waals surface area contributed by atoms with Crippen molar-refractivity contribution in [3.63, 3.8) is 0 Å². The highest BCUT2D eigenvalue weighted by Crippen LogP contribution is 2.40. The monoisotopic (exact) mass is 455 g/mol. The normalized spacial score (nSPS) is 26.2. The fraction of sp³-hybridized carbons (Fsp3) is 0.696. The van der Waals surface area contributed by atoms with E-state index in [-0.39, 0.29) is 30.8 Å². The number of carbonyl (C=O) groups excluding carboxylic acids is 2. The van der Waals surface area contributed by atoms with Crippen molar-refractivity contribution in [3.05, 3.63) is 29.8 Å². The summed E-state index contributed by atoms with van der Waals surface area (Å²) in [5, 5.41) is 26.4. The van der Waals surface area contributed by atoms with Gasteiger partial charge in [-0.15, -0.1) is 5.10 Å². The van der Waals surface area contributed by atoms with E-state index in [0.717, 1.165) is 43.6 Å². The van der Waals surface area contributed by atoms with Gasteiger partial charge in [0.2, 0.25) is 11.8 Å². The van der Waals surface area contributed by atoms with E-state index < -0.39 is 23.6 Å². The molecule has 2 fully saturated rings. The number of fused-ring (bicyclic) bond motifs is 1. The van der Waals surface area contributed by atoms with Crippen LogP contribution in [0, 0.1) is 5.41 Å². The fourth-order valence-electron chi connectivity index (χ4n) is 5.16. The molecule has 4 atom stereocenters. The van der Waals surface area contributed by atoms with E-state index >= 15 is 0 Å². The average Bonchev–Trinajstić information content (AvgIpc) is 3.13. The summed E-state index contributed by atoms with van der Waals surface area (Å²) in [6.07, 6.45) is 7.07. The maximum Gasteiger partial charge on any atom is 0.248 e. The summed E-state index contributed by atoms with van der Waals surface area (Å²) in [7, 11) is 0. The minimum absolute atomic E-state index is 0.135. The maximum absolute atomic E-state index is 13.8. The number of amides is 2. The van der Waals surface area contributed by atoms with Gasteiger partial charge in [-0.25, -0.2) is 4.68 Å². The fourth-order valence-corrected chi connectivity index (χ4v) is 5.16. The van der Waals surface area contributed by atoms with Crippen molar-refractivity contribution < 1.29 is 14.7 Å². The lowest BCUT2D eigenvalue weighted by atomic mass is 9.85. The van der Waals surface area contributed by atoms with Crippen molar-refractivity contribution in [2.45, 2.75) is 89.6 Å². The number of rotatable bonds is 5. The lowest BCUT2D eigenvalue weighted by Gasteiger charge is -2.35. The van der Waals surface area contributed by atoms with Crippen LogP contribution in [0.2, 0.25) is 0 Å². The van der Waals surface area contributed by atoms with Crippen LogP contribution >= 0.6 is 0 Å². The van der Waals surface area contributed by atoms with Crippen molar-refractivity contribution in [1.29, 1.82) is 0 Å². The molecule has 2 amide bonds. The second-order valence-electron chi connectivity index (χ2n) is 10.7. The van der Waals surface area contributed by atoms with Crippen LogP contribution < -0.4 is 5.32 Å². The van der Waals surface area contributed by atoms with Gasteiger partial charge >= 0.3 is 0 Å². The molecule has 2 aromatic heterocycles. The van der Waals surface area contributed by atoms with E-state index in [9.17, 15) is 14.7 Å². The summed E-state index contributed by atoms with van der Waals surface area (Å²) in [6, 6.07) is 0.448. The highest BCUT2D eigenvalue weighted by atomic mass is 16.3. The van der Waals surface area contributed by atoms with Gasteiger partial charge in [0.15, 0.2) is 0 Å². The average molecular weight is 456 g/mol. The Morgan fingerprint density at radius 2 is 2.03 bits per heavy atom. The van der Waals surface area contributed by atoms with Gasteiger partial charge in [-0.3, -0.25) is 14.3 Å². The number of carbonyl (C=O) groups is 2. The second-order valence-corrected chi connectivity index (χ2v) is 10.7. The predicted molar refractivity (Wildman–Crippen MR) is 119 cm³/mol. The van der Waals surface area contributed by atoms with Gasteiger partial charge in [0.25, 0.3) is 0 Å². The molecule has 2 aliphatic heterocycles. The van der Waals surface area contributed by atoms with Gasteiger partial charge < -0.3 is 15.3 Å². The highest BCUT2D eigenvalue weighted by molar-refractivity contribution is 5.90. The number of aromatic nitrogens is 5. The summed E-state index contributed by atoms with van der Waals surface area (Å²) in [4.78, 5) is 28.7. The topological polar surface area (TPSA) is 118 Å². The van der Waals surface area contributed by atoms with E-state index in [2.05, 4.69) is 20.7 Å². The van der Waals surface area contributed by atoms with E-state index in [0.29, 0.717) is 5.92 Å². The quantitative estimate of drug-likeness (QED) is 0.706. The molecule has 2 aromatic rings. The Kier molecular flexibility index (Phi) is 5.50. The molecular weight excluding hydrogens is 422 g/mol. The van der Waals surface area contributed by atoms with Crippen LogP contribution in [0.3, 0.4) is 0 Å². The van der Waals surface area contributed by atoms with E-state index in [1.807, 2.05) is 37.7 Å². The number of aliphatic hydroxyl groups excluding tert-OH is 1. The number of hydrogen-bond donors (Lipinski definition) is 2. The van der Waals surface area contributed by atoms with Crippen LogP contribution in [0.1, 0.15) is 82.3 Å². The SMILES string of the molecule is CC(C)(C)[C@@H](C(=O)N1C[C@H](O)C[C@H]1C(=O)NC1CCCn2nccc21)n1cc(C2CC2)nn1. The van der Waals surface area contributed by atoms with Crippen molar-refractivity contribution in [2.75, 3.05) is 6.54 Å². The Morgan fingerprint density at radius 1 is 1.24 bits per heavy atom. The van der Waals surface area contributed by atoms with Gasteiger partial charge in [0, 0.05) is 37.8 Å². The highest BCUT2D eigenvalue weighted by Gasteiger charge is 2.46. The molecule has 0 spiro atoms. The van der Waals surface area contributed by atoms with Crippen LogP contribution in [0.5, 0.6) is 0 Å². The summed E-state index contributed by atoms with van der Waals surface area (Å²) < 4.78 is 3.56. The molecule has 4 heterocycles. The molecule has 1 unspecified atom stereocenters. The molecular formula is C23H33N7O3. The molecule has 178 valence electrons. The Balaban J connectivity index is 1.36. The first-order valence-electron chi connectivity index (χ1n) is 11.9. The molecule has 33 heavy (non-hydrogen) atoms. The summed E-state index contributed by atoms with van der Waals surface area (Å²) in [5.41, 5.74) is 1.45. The van der Waals surface area contributed by atoms with Gasteiger partial charge in [-0.2, -0.15) is 5.10 Å². The Bertz CT molecular complexity index is 1040. The van der Waals surface area contributed by atoms with Crippen LogP contribution in [-0.2, 0) is 16.1 Å². The molecule has 5 rings (SSSR count). The molecule has 0 bridgehead atoms. The predicted octanol–water partition coefficient (Wildman–Crippen LogP) is 1.55. The van der Waals surface area contributed by atoms with E-state index in [1.54, 1.807) is 10.9 Å². The number of nitrogens with one attached hydrogen (secondary N) is 1. The molecule has 0 aromatic carbocycles. The first kappa shape index (κ1) is 22.1. The lowest BCUT2D eigenvalue weighted by molar-refractivity contribution is -0.144. The summed E-state index contributed by atoms with van der Waals surface area (Å²) in [6.45, 7) is 6.93. The molecule has 10 heteroatoms. The lowest BCUT2D eigenvalue weighted by Crippen LogP contribution is -2.51. The summed E-state index contributed by atoms with van der Waals surface area (Å²) >= 11 is 0. The molecule has 3 aliphatic rings. The van der Waals surface area contributed by atoms with E-state index in [1.165, 1.54) is 4.90 Å².